The van der Waals surface area contributed by atoms with Gasteiger partial charge in [0.05, 0.1) is 11.0 Å². The Morgan fingerprint density at radius 2 is 1.80 bits per heavy atom. The maximum Gasteiger partial charge on any atom is 0.272 e. The Morgan fingerprint density at radius 3 is 2.56 bits per heavy atom. The summed E-state index contributed by atoms with van der Waals surface area (Å²) in [6, 6.07) is 17.4. The predicted molar refractivity (Wildman–Crippen MR) is 98.6 cm³/mol. The van der Waals surface area contributed by atoms with Crippen molar-refractivity contribution < 1.29 is 4.79 Å². The van der Waals surface area contributed by atoms with Gasteiger partial charge in [0.2, 0.25) is 5.91 Å². The average molecular weight is 335 g/mol. The maximum absolute atomic E-state index is 12.4. The Labute approximate surface area is 146 Å². The molecule has 3 aromatic rings. The van der Waals surface area contributed by atoms with Crippen LogP contribution in [0.4, 0.5) is 0 Å². The fourth-order valence-corrected chi connectivity index (χ4v) is 2.84. The van der Waals surface area contributed by atoms with Gasteiger partial charge in [-0.3, -0.25) is 14.2 Å². The third-order valence-corrected chi connectivity index (χ3v) is 4.29. The molecule has 0 saturated carbocycles. The Hall–Kier alpha value is -2.95. The van der Waals surface area contributed by atoms with Crippen molar-refractivity contribution in [3.63, 3.8) is 0 Å². The first kappa shape index (κ1) is 16.9. The topological polar surface area (TPSA) is 64.0 Å². The Kier molecular flexibility index (Phi) is 4.93. The first-order valence-corrected chi connectivity index (χ1v) is 8.34. The highest BCUT2D eigenvalue weighted by Gasteiger charge is 2.12. The SMILES string of the molecule is Cc1nc2ccccc2n(CC(=O)NC[C@H](C)c2ccccc2)c1=O. The van der Waals surface area contributed by atoms with Gasteiger partial charge in [-0.2, -0.15) is 0 Å². The summed E-state index contributed by atoms with van der Waals surface area (Å²) in [4.78, 5) is 29.1. The molecule has 3 rings (SSSR count). The van der Waals surface area contributed by atoms with Crippen molar-refractivity contribution in [2.75, 3.05) is 6.54 Å². The molecule has 0 fully saturated rings. The van der Waals surface area contributed by atoms with Crippen molar-refractivity contribution in [1.82, 2.24) is 14.9 Å². The number of rotatable bonds is 5. The van der Waals surface area contributed by atoms with Gasteiger partial charge in [-0.1, -0.05) is 49.4 Å². The van der Waals surface area contributed by atoms with Crippen molar-refractivity contribution in [2.45, 2.75) is 26.3 Å². The smallest absolute Gasteiger partial charge is 0.272 e. The van der Waals surface area contributed by atoms with Gasteiger partial charge in [-0.25, -0.2) is 4.98 Å². The predicted octanol–water partition coefficient (Wildman–Crippen LogP) is 2.62. The lowest BCUT2D eigenvalue weighted by atomic mass is 10.0. The quantitative estimate of drug-likeness (QED) is 0.779. The summed E-state index contributed by atoms with van der Waals surface area (Å²) in [6.07, 6.45) is 0. The zero-order valence-electron chi connectivity index (χ0n) is 14.4. The number of para-hydroxylation sites is 2. The van der Waals surface area contributed by atoms with Crippen LogP contribution in [0.5, 0.6) is 0 Å². The Morgan fingerprint density at radius 1 is 1.12 bits per heavy atom. The van der Waals surface area contributed by atoms with E-state index in [4.69, 9.17) is 0 Å². The van der Waals surface area contributed by atoms with Gasteiger partial charge in [-0.05, 0) is 30.5 Å². The van der Waals surface area contributed by atoms with E-state index in [-0.39, 0.29) is 23.9 Å². The van der Waals surface area contributed by atoms with E-state index in [1.165, 1.54) is 10.1 Å². The highest BCUT2D eigenvalue weighted by atomic mass is 16.2. The first-order chi connectivity index (χ1) is 12.1. The molecule has 5 nitrogen and oxygen atoms in total. The zero-order chi connectivity index (χ0) is 17.8. The van der Waals surface area contributed by atoms with E-state index in [9.17, 15) is 9.59 Å². The van der Waals surface area contributed by atoms with Gasteiger partial charge in [0.15, 0.2) is 0 Å². The van der Waals surface area contributed by atoms with Crippen LogP contribution in [0.3, 0.4) is 0 Å². The molecular weight excluding hydrogens is 314 g/mol. The minimum Gasteiger partial charge on any atom is -0.354 e. The monoisotopic (exact) mass is 335 g/mol. The van der Waals surface area contributed by atoms with Crippen molar-refractivity contribution in [3.8, 4) is 0 Å². The van der Waals surface area contributed by atoms with Gasteiger partial charge in [-0.15, -0.1) is 0 Å². The number of amides is 1. The summed E-state index contributed by atoms with van der Waals surface area (Å²) >= 11 is 0. The van der Waals surface area contributed by atoms with E-state index in [0.717, 1.165) is 0 Å². The van der Waals surface area contributed by atoms with Crippen molar-refractivity contribution in [3.05, 3.63) is 76.2 Å². The molecule has 0 bridgehead atoms. The highest BCUT2D eigenvalue weighted by molar-refractivity contribution is 5.80. The normalized spacial score (nSPS) is 12.1. The molecule has 2 aromatic carbocycles. The van der Waals surface area contributed by atoms with Crippen LogP contribution in [-0.4, -0.2) is 22.0 Å². The summed E-state index contributed by atoms with van der Waals surface area (Å²) in [6.45, 7) is 4.25. The molecule has 1 N–H and O–H groups in total. The Bertz CT molecular complexity index is 948. The van der Waals surface area contributed by atoms with E-state index < -0.39 is 0 Å². The number of aryl methyl sites for hydroxylation is 1. The second-order valence-corrected chi connectivity index (χ2v) is 6.19. The molecule has 0 unspecified atom stereocenters. The highest BCUT2D eigenvalue weighted by Crippen LogP contribution is 2.13. The fraction of sp³-hybridized carbons (Fsp3) is 0.250. The molecule has 25 heavy (non-hydrogen) atoms. The molecule has 0 radical (unpaired) electrons. The lowest BCUT2D eigenvalue weighted by Crippen LogP contribution is -2.35. The third-order valence-electron chi connectivity index (χ3n) is 4.29. The Balaban J connectivity index is 1.74. The van der Waals surface area contributed by atoms with Gasteiger partial charge in [0.1, 0.15) is 12.2 Å². The largest absolute Gasteiger partial charge is 0.354 e. The fourth-order valence-electron chi connectivity index (χ4n) is 2.84. The van der Waals surface area contributed by atoms with Crippen molar-refractivity contribution >= 4 is 16.9 Å². The number of aromatic nitrogens is 2. The van der Waals surface area contributed by atoms with Crippen molar-refractivity contribution in [1.29, 1.82) is 0 Å². The molecular formula is C20H21N3O2. The number of hydrogen-bond donors (Lipinski definition) is 1. The van der Waals surface area contributed by atoms with Crippen LogP contribution in [0, 0.1) is 6.92 Å². The molecule has 0 aliphatic heterocycles. The molecule has 1 atom stereocenters. The average Bonchev–Trinajstić information content (AvgIpc) is 2.64. The zero-order valence-corrected chi connectivity index (χ0v) is 14.4. The summed E-state index contributed by atoms with van der Waals surface area (Å²) in [7, 11) is 0. The minimum absolute atomic E-state index is 0.00971. The molecule has 128 valence electrons. The lowest BCUT2D eigenvalue weighted by Gasteiger charge is -2.14. The minimum atomic E-state index is -0.232. The summed E-state index contributed by atoms with van der Waals surface area (Å²) < 4.78 is 1.49. The number of nitrogens with one attached hydrogen (secondary N) is 1. The van der Waals surface area contributed by atoms with E-state index in [2.05, 4.69) is 17.2 Å². The van der Waals surface area contributed by atoms with Gasteiger partial charge < -0.3 is 5.32 Å². The van der Waals surface area contributed by atoms with E-state index in [1.54, 1.807) is 6.92 Å². The van der Waals surface area contributed by atoms with Crippen LogP contribution in [-0.2, 0) is 11.3 Å². The number of hydrogen-bond acceptors (Lipinski definition) is 3. The number of nitrogens with zero attached hydrogens (tertiary/aromatic N) is 2. The number of carbonyl (C=O) groups excluding carboxylic acids is 1. The van der Waals surface area contributed by atoms with E-state index in [0.29, 0.717) is 23.3 Å². The van der Waals surface area contributed by atoms with E-state index >= 15 is 0 Å². The molecule has 1 amide bonds. The standard InChI is InChI=1S/C20H21N3O2/c1-14(16-8-4-3-5-9-16)12-21-19(24)13-23-18-11-7-6-10-17(18)22-15(2)20(23)25/h3-11,14H,12-13H2,1-2H3,(H,21,24)/t14-/m0/s1. The molecule has 0 spiro atoms. The van der Waals surface area contributed by atoms with Gasteiger partial charge in [0.25, 0.3) is 5.56 Å². The second kappa shape index (κ2) is 7.30. The van der Waals surface area contributed by atoms with Crippen molar-refractivity contribution in [2.24, 2.45) is 0 Å². The lowest BCUT2D eigenvalue weighted by molar-refractivity contribution is -0.121. The van der Waals surface area contributed by atoms with Crippen LogP contribution >= 0.6 is 0 Å². The van der Waals surface area contributed by atoms with Crippen LogP contribution in [0.25, 0.3) is 11.0 Å². The summed E-state index contributed by atoms with van der Waals surface area (Å²) in [5.74, 6) is 0.0263. The van der Waals surface area contributed by atoms with Crippen LogP contribution in [0.15, 0.2) is 59.4 Å². The second-order valence-electron chi connectivity index (χ2n) is 6.19. The van der Waals surface area contributed by atoms with Crippen LogP contribution in [0.2, 0.25) is 0 Å². The van der Waals surface area contributed by atoms with E-state index in [1.807, 2.05) is 54.6 Å². The maximum atomic E-state index is 12.4. The molecule has 0 saturated heterocycles. The van der Waals surface area contributed by atoms with Crippen LogP contribution < -0.4 is 10.9 Å². The van der Waals surface area contributed by atoms with Crippen LogP contribution in [0.1, 0.15) is 24.1 Å². The molecule has 0 aliphatic carbocycles. The number of carbonyl (C=O) groups is 1. The molecule has 0 aliphatic rings. The third kappa shape index (κ3) is 3.76. The summed E-state index contributed by atoms with van der Waals surface area (Å²) in [5, 5.41) is 2.92. The molecule has 1 heterocycles. The van der Waals surface area contributed by atoms with Gasteiger partial charge in [0, 0.05) is 6.54 Å². The number of benzene rings is 2. The number of fused-ring (bicyclic) bond motifs is 1. The first-order valence-electron chi connectivity index (χ1n) is 8.34. The molecule has 5 heteroatoms. The van der Waals surface area contributed by atoms with Gasteiger partial charge >= 0.3 is 0 Å². The summed E-state index contributed by atoms with van der Waals surface area (Å²) in [5.41, 5.74) is 2.72. The molecule has 1 aromatic heterocycles.